The molecule has 0 unspecified atom stereocenters. The van der Waals surface area contributed by atoms with Gasteiger partial charge in [-0.15, -0.1) is 0 Å². The van der Waals surface area contributed by atoms with Crippen molar-refractivity contribution >= 4 is 17.1 Å². The molecule has 7 aromatic carbocycles. The van der Waals surface area contributed by atoms with Crippen LogP contribution >= 0.6 is 0 Å². The van der Waals surface area contributed by atoms with Crippen molar-refractivity contribution in [2.75, 3.05) is 4.90 Å². The molecular weight excluding hydrogens is 723 g/mol. The highest BCUT2D eigenvalue weighted by molar-refractivity contribution is 5.93. The van der Waals surface area contributed by atoms with E-state index in [9.17, 15) is 0 Å². The van der Waals surface area contributed by atoms with E-state index in [0.717, 1.165) is 0 Å². The van der Waals surface area contributed by atoms with Gasteiger partial charge in [0, 0.05) is 27.8 Å². The van der Waals surface area contributed by atoms with Gasteiger partial charge in [0.2, 0.25) is 0 Å². The molecule has 7 aromatic rings. The fourth-order valence-corrected chi connectivity index (χ4v) is 11.0. The van der Waals surface area contributed by atoms with Crippen molar-refractivity contribution in [3.8, 4) is 44.5 Å². The van der Waals surface area contributed by atoms with Crippen LogP contribution in [-0.2, 0) is 21.7 Å². The first-order valence-electron chi connectivity index (χ1n) is 22.4. The lowest BCUT2D eigenvalue weighted by Gasteiger charge is -2.37. The number of anilines is 3. The third-order valence-electron chi connectivity index (χ3n) is 14.4. The summed E-state index contributed by atoms with van der Waals surface area (Å²) in [6.07, 6.45) is 6.29. The molecule has 1 nitrogen and oxygen atoms in total. The van der Waals surface area contributed by atoms with Crippen molar-refractivity contribution in [2.45, 2.75) is 109 Å². The van der Waals surface area contributed by atoms with Crippen molar-refractivity contribution in [2.24, 2.45) is 0 Å². The second-order valence-corrected chi connectivity index (χ2v) is 20.6. The number of benzene rings is 7. The lowest BCUT2D eigenvalue weighted by molar-refractivity contribution is 0.353. The van der Waals surface area contributed by atoms with Crippen molar-refractivity contribution in [3.63, 3.8) is 0 Å². The second kappa shape index (κ2) is 14.0. The highest BCUT2D eigenvalue weighted by atomic mass is 15.1. The van der Waals surface area contributed by atoms with E-state index in [2.05, 4.69) is 212 Å². The zero-order valence-electron chi connectivity index (χ0n) is 36.9. The van der Waals surface area contributed by atoms with Gasteiger partial charge in [-0.05, 0) is 132 Å². The van der Waals surface area contributed by atoms with Crippen molar-refractivity contribution in [3.05, 3.63) is 185 Å². The van der Waals surface area contributed by atoms with Crippen LogP contribution in [0, 0.1) is 0 Å². The molecule has 1 spiro atoms. The molecule has 0 heterocycles. The Bertz CT molecular complexity index is 2760. The van der Waals surface area contributed by atoms with Gasteiger partial charge in [0.25, 0.3) is 0 Å². The SMILES string of the molecule is CC(C)(C)c1cc(-c2cccc(-c3ccccc3N(c3ccc4c(c3)C(C)(C)c3ccccc3-4)c3ccc4c(c3)C3(CCCCC3)c3ccccc3-4)c2)cc(C(C)(C)C)c1. The lowest BCUT2D eigenvalue weighted by atomic mass is 9.68. The average molecular weight is 782 g/mol. The third-order valence-corrected chi connectivity index (χ3v) is 14.4. The van der Waals surface area contributed by atoms with E-state index in [-0.39, 0.29) is 21.7 Å². The van der Waals surface area contributed by atoms with Crippen LogP contribution < -0.4 is 4.90 Å². The van der Waals surface area contributed by atoms with Gasteiger partial charge >= 0.3 is 0 Å². The molecular formula is C59H59N. The van der Waals surface area contributed by atoms with Gasteiger partial charge in [0.05, 0.1) is 5.69 Å². The number of hydrogen-bond acceptors (Lipinski definition) is 1. The van der Waals surface area contributed by atoms with Crippen molar-refractivity contribution in [1.29, 1.82) is 0 Å². The summed E-state index contributed by atoms with van der Waals surface area (Å²) >= 11 is 0. The Morgan fingerprint density at radius 3 is 1.57 bits per heavy atom. The Kier molecular flexibility index (Phi) is 8.96. The highest BCUT2D eigenvalue weighted by Crippen LogP contribution is 2.58. The first-order valence-corrected chi connectivity index (χ1v) is 22.4. The minimum absolute atomic E-state index is 0.0416. The molecule has 0 radical (unpaired) electrons. The summed E-state index contributed by atoms with van der Waals surface area (Å²) < 4.78 is 0. The molecule has 60 heavy (non-hydrogen) atoms. The van der Waals surface area contributed by atoms with Crippen LogP contribution in [0.1, 0.15) is 121 Å². The number of rotatable bonds is 5. The predicted octanol–water partition coefficient (Wildman–Crippen LogP) is 16.6. The largest absolute Gasteiger partial charge is 0.310 e. The molecule has 1 fully saturated rings. The average Bonchev–Trinajstić information content (AvgIpc) is 3.64. The van der Waals surface area contributed by atoms with Crippen LogP contribution in [0.3, 0.4) is 0 Å². The molecule has 0 N–H and O–H groups in total. The summed E-state index contributed by atoms with van der Waals surface area (Å²) in [5, 5.41) is 0. The zero-order chi connectivity index (χ0) is 41.6. The molecule has 0 bridgehead atoms. The maximum Gasteiger partial charge on any atom is 0.0540 e. The number of nitrogens with zero attached hydrogens (tertiary/aromatic N) is 1. The molecule has 3 aliphatic carbocycles. The molecule has 1 saturated carbocycles. The van der Waals surface area contributed by atoms with Gasteiger partial charge in [-0.25, -0.2) is 0 Å². The molecule has 3 aliphatic rings. The molecule has 1 heteroatoms. The summed E-state index contributed by atoms with van der Waals surface area (Å²) in [5.41, 5.74) is 22.7. The molecule has 0 aliphatic heterocycles. The van der Waals surface area contributed by atoms with Gasteiger partial charge in [0.1, 0.15) is 0 Å². The quantitative estimate of drug-likeness (QED) is 0.168. The lowest BCUT2D eigenvalue weighted by Crippen LogP contribution is -2.28. The third kappa shape index (κ3) is 6.19. The highest BCUT2D eigenvalue weighted by Gasteiger charge is 2.44. The first-order chi connectivity index (χ1) is 28.7. The Balaban J connectivity index is 1.17. The molecule has 300 valence electrons. The van der Waals surface area contributed by atoms with Gasteiger partial charge in [-0.2, -0.15) is 0 Å². The van der Waals surface area contributed by atoms with Gasteiger partial charge in [-0.1, -0.05) is 190 Å². The Hall–Kier alpha value is -5.66. The van der Waals surface area contributed by atoms with Gasteiger partial charge in [0.15, 0.2) is 0 Å². The predicted molar refractivity (Wildman–Crippen MR) is 256 cm³/mol. The summed E-state index contributed by atoms with van der Waals surface area (Å²) in [7, 11) is 0. The molecule has 0 saturated heterocycles. The van der Waals surface area contributed by atoms with E-state index >= 15 is 0 Å². The van der Waals surface area contributed by atoms with Gasteiger partial charge < -0.3 is 4.90 Å². The maximum atomic E-state index is 2.58. The first kappa shape index (κ1) is 38.5. The minimum Gasteiger partial charge on any atom is -0.310 e. The molecule has 0 amide bonds. The van der Waals surface area contributed by atoms with E-state index in [1.165, 1.54) is 127 Å². The van der Waals surface area contributed by atoms with Crippen LogP contribution in [0.2, 0.25) is 0 Å². The van der Waals surface area contributed by atoms with E-state index in [4.69, 9.17) is 0 Å². The van der Waals surface area contributed by atoms with Crippen LogP contribution in [0.25, 0.3) is 44.5 Å². The van der Waals surface area contributed by atoms with Crippen molar-refractivity contribution < 1.29 is 0 Å². The number of para-hydroxylation sites is 1. The van der Waals surface area contributed by atoms with E-state index in [1.54, 1.807) is 0 Å². The Morgan fingerprint density at radius 1 is 0.400 bits per heavy atom. The van der Waals surface area contributed by atoms with Crippen LogP contribution in [0.15, 0.2) is 152 Å². The standard InChI is InChI=1S/C59H59N/c1-56(2,3)42-34-41(35-43(36-42)57(4,5)6)39-19-18-20-40(33-39)46-21-12-15-26-55(46)60(44-27-29-49-47-22-10-13-24-51(47)58(7,8)53(49)37-44)45-28-30-50-48-23-11-14-25-52(48)59(54(50)38-45)31-16-9-17-32-59/h10-15,18-30,33-38H,9,16-17,31-32H2,1-8H3. The van der Waals surface area contributed by atoms with E-state index < -0.39 is 0 Å². The number of fused-ring (bicyclic) bond motifs is 8. The number of hydrogen-bond donors (Lipinski definition) is 0. The fourth-order valence-electron chi connectivity index (χ4n) is 11.0. The summed E-state index contributed by atoms with van der Waals surface area (Å²) in [4.78, 5) is 2.57. The maximum absolute atomic E-state index is 2.58. The van der Waals surface area contributed by atoms with Crippen LogP contribution in [0.4, 0.5) is 17.1 Å². The topological polar surface area (TPSA) is 3.24 Å². The van der Waals surface area contributed by atoms with E-state index in [1.807, 2.05) is 0 Å². The monoisotopic (exact) mass is 781 g/mol. The van der Waals surface area contributed by atoms with Crippen LogP contribution in [0.5, 0.6) is 0 Å². The minimum atomic E-state index is -0.110. The zero-order valence-corrected chi connectivity index (χ0v) is 36.9. The van der Waals surface area contributed by atoms with Gasteiger partial charge in [-0.3, -0.25) is 0 Å². The van der Waals surface area contributed by atoms with Crippen LogP contribution in [-0.4, -0.2) is 0 Å². The summed E-state index contributed by atoms with van der Waals surface area (Å²) in [5.74, 6) is 0. The fraction of sp³-hybridized carbons (Fsp3) is 0.288. The smallest absolute Gasteiger partial charge is 0.0540 e. The Morgan fingerprint density at radius 2 is 0.917 bits per heavy atom. The van der Waals surface area contributed by atoms with E-state index in [0.29, 0.717) is 0 Å². The molecule has 10 rings (SSSR count). The molecule has 0 atom stereocenters. The van der Waals surface area contributed by atoms with Crippen molar-refractivity contribution in [1.82, 2.24) is 0 Å². The normalized spacial score (nSPS) is 15.9. The second-order valence-electron chi connectivity index (χ2n) is 20.6. The Labute approximate surface area is 359 Å². The molecule has 0 aromatic heterocycles. The summed E-state index contributed by atoms with van der Waals surface area (Å²) in [6, 6.07) is 58.5. The summed E-state index contributed by atoms with van der Waals surface area (Å²) in [6.45, 7) is 18.7.